The molecule has 0 fully saturated rings. The van der Waals surface area contributed by atoms with Crippen LogP contribution in [0, 0.1) is 17.0 Å². The van der Waals surface area contributed by atoms with Gasteiger partial charge in [-0.15, -0.1) is 11.6 Å². The largest absolute Gasteiger partial charge is 0.297 e. The fourth-order valence-corrected chi connectivity index (χ4v) is 2.17. The van der Waals surface area contributed by atoms with Crippen LogP contribution in [0.3, 0.4) is 0 Å². The first-order valence-corrected chi connectivity index (χ1v) is 6.87. The van der Waals surface area contributed by atoms with Gasteiger partial charge < -0.3 is 0 Å². The Morgan fingerprint density at radius 3 is 2.24 bits per heavy atom. The molecule has 2 rings (SSSR count). The first kappa shape index (κ1) is 15.2. The molecule has 108 valence electrons. The molecule has 0 saturated heterocycles. The molecule has 0 N–H and O–H groups in total. The number of carbonyl (C=O) groups is 1. The molecule has 0 heterocycles. The molecular weight excluding hydrogens is 290 g/mol. The van der Waals surface area contributed by atoms with Crippen molar-refractivity contribution in [1.82, 2.24) is 0 Å². The Kier molecular flexibility index (Phi) is 4.70. The van der Waals surface area contributed by atoms with Crippen LogP contribution in [-0.2, 0) is 11.2 Å². The van der Waals surface area contributed by atoms with Crippen LogP contribution in [0.2, 0.25) is 0 Å². The molecule has 0 spiro atoms. The Balaban J connectivity index is 2.06. The van der Waals surface area contributed by atoms with Crippen molar-refractivity contribution in [2.45, 2.75) is 18.7 Å². The normalized spacial score (nSPS) is 11.9. The minimum Gasteiger partial charge on any atom is -0.297 e. The quantitative estimate of drug-likeness (QED) is 0.476. The fraction of sp³-hybridized carbons (Fsp3) is 0.188. The average Bonchev–Trinajstić information content (AvgIpc) is 2.47. The maximum atomic E-state index is 12.2. The minimum absolute atomic E-state index is 0.00663. The van der Waals surface area contributed by atoms with E-state index < -0.39 is 10.3 Å². The van der Waals surface area contributed by atoms with Gasteiger partial charge in [-0.3, -0.25) is 14.9 Å². The number of halogens is 1. The maximum Gasteiger partial charge on any atom is 0.269 e. The fourth-order valence-electron chi connectivity index (χ4n) is 1.95. The molecule has 0 aromatic heterocycles. The number of ketones is 1. The van der Waals surface area contributed by atoms with Crippen molar-refractivity contribution in [3.8, 4) is 0 Å². The van der Waals surface area contributed by atoms with Crippen LogP contribution in [0.15, 0.2) is 48.5 Å². The van der Waals surface area contributed by atoms with E-state index in [1.807, 2.05) is 31.2 Å². The van der Waals surface area contributed by atoms with E-state index in [9.17, 15) is 14.9 Å². The highest BCUT2D eigenvalue weighted by Crippen LogP contribution is 2.24. The van der Waals surface area contributed by atoms with Crippen LogP contribution in [0.5, 0.6) is 0 Å². The Morgan fingerprint density at radius 2 is 1.71 bits per heavy atom. The van der Waals surface area contributed by atoms with Gasteiger partial charge in [0.1, 0.15) is 5.38 Å². The van der Waals surface area contributed by atoms with Crippen molar-refractivity contribution in [3.63, 3.8) is 0 Å². The van der Waals surface area contributed by atoms with Gasteiger partial charge in [0.25, 0.3) is 5.69 Å². The number of aryl methyl sites for hydroxylation is 1. The summed E-state index contributed by atoms with van der Waals surface area (Å²) in [5.41, 5.74) is 2.58. The second kappa shape index (κ2) is 6.50. The topological polar surface area (TPSA) is 60.2 Å². The number of Topliss-reactive ketones (excluding diaryl/α,β-unsaturated/α-hetero) is 1. The van der Waals surface area contributed by atoms with Gasteiger partial charge in [0, 0.05) is 18.6 Å². The summed E-state index contributed by atoms with van der Waals surface area (Å²) in [6, 6.07) is 13.4. The van der Waals surface area contributed by atoms with Crippen molar-refractivity contribution < 1.29 is 9.72 Å². The number of non-ortho nitro benzene ring substituents is 1. The lowest BCUT2D eigenvalue weighted by Gasteiger charge is -2.09. The SMILES string of the molecule is Cc1ccc(C(Cl)C(=O)Cc2ccc([N+](=O)[O-])cc2)cc1. The number of nitrogens with zero attached hydrogens (tertiary/aromatic N) is 1. The van der Waals surface area contributed by atoms with Crippen molar-refractivity contribution >= 4 is 23.1 Å². The summed E-state index contributed by atoms with van der Waals surface area (Å²) in [7, 11) is 0. The summed E-state index contributed by atoms with van der Waals surface area (Å²) in [6.45, 7) is 1.96. The van der Waals surface area contributed by atoms with Gasteiger partial charge in [-0.05, 0) is 18.1 Å². The molecule has 1 atom stereocenters. The predicted molar refractivity (Wildman–Crippen MR) is 81.6 cm³/mol. The molecule has 0 aliphatic rings. The first-order valence-electron chi connectivity index (χ1n) is 6.44. The lowest BCUT2D eigenvalue weighted by molar-refractivity contribution is -0.384. The van der Waals surface area contributed by atoms with Gasteiger partial charge in [0.15, 0.2) is 5.78 Å². The third-order valence-corrected chi connectivity index (χ3v) is 3.67. The van der Waals surface area contributed by atoms with Crippen LogP contribution in [0.25, 0.3) is 0 Å². The smallest absolute Gasteiger partial charge is 0.269 e. The first-order chi connectivity index (χ1) is 9.97. The van der Waals surface area contributed by atoms with Crippen LogP contribution < -0.4 is 0 Å². The monoisotopic (exact) mass is 303 g/mol. The van der Waals surface area contributed by atoms with Crippen molar-refractivity contribution in [1.29, 1.82) is 0 Å². The number of benzene rings is 2. The zero-order valence-electron chi connectivity index (χ0n) is 11.5. The Hall–Kier alpha value is -2.20. The molecule has 1 unspecified atom stereocenters. The summed E-state index contributed by atoms with van der Waals surface area (Å²) >= 11 is 6.18. The number of hydrogen-bond acceptors (Lipinski definition) is 3. The Morgan fingerprint density at radius 1 is 1.14 bits per heavy atom. The highest BCUT2D eigenvalue weighted by molar-refractivity contribution is 6.31. The number of nitro benzene ring substituents is 1. The second-order valence-corrected chi connectivity index (χ2v) is 5.28. The van der Waals surface area contributed by atoms with Gasteiger partial charge in [0.2, 0.25) is 0 Å². The summed E-state index contributed by atoms with van der Waals surface area (Å²) in [6.07, 6.45) is 0.153. The van der Waals surface area contributed by atoms with E-state index in [4.69, 9.17) is 11.6 Å². The predicted octanol–water partition coefficient (Wildman–Crippen LogP) is 3.99. The molecule has 0 saturated carbocycles. The molecule has 21 heavy (non-hydrogen) atoms. The molecule has 2 aromatic carbocycles. The van der Waals surface area contributed by atoms with Crippen molar-refractivity contribution in [2.75, 3.05) is 0 Å². The molecular formula is C16H14ClNO3. The molecule has 5 heteroatoms. The molecule has 0 radical (unpaired) electrons. The molecule has 4 nitrogen and oxygen atoms in total. The molecule has 2 aromatic rings. The van der Waals surface area contributed by atoms with E-state index in [0.717, 1.165) is 11.1 Å². The van der Waals surface area contributed by atoms with Crippen LogP contribution in [0.1, 0.15) is 22.1 Å². The number of alkyl halides is 1. The van der Waals surface area contributed by atoms with Gasteiger partial charge >= 0.3 is 0 Å². The van der Waals surface area contributed by atoms with E-state index in [2.05, 4.69) is 0 Å². The highest BCUT2D eigenvalue weighted by atomic mass is 35.5. The van der Waals surface area contributed by atoms with Crippen molar-refractivity contribution in [3.05, 3.63) is 75.3 Å². The van der Waals surface area contributed by atoms with Gasteiger partial charge in [-0.1, -0.05) is 42.0 Å². The van der Waals surface area contributed by atoms with E-state index in [-0.39, 0.29) is 17.9 Å². The van der Waals surface area contributed by atoms with Gasteiger partial charge in [-0.25, -0.2) is 0 Å². The van der Waals surface area contributed by atoms with E-state index in [0.29, 0.717) is 5.56 Å². The number of carbonyl (C=O) groups excluding carboxylic acids is 1. The number of rotatable bonds is 5. The highest BCUT2D eigenvalue weighted by Gasteiger charge is 2.18. The molecule has 0 bridgehead atoms. The van der Waals surface area contributed by atoms with Gasteiger partial charge in [0.05, 0.1) is 4.92 Å². The van der Waals surface area contributed by atoms with E-state index in [1.165, 1.54) is 12.1 Å². The van der Waals surface area contributed by atoms with Crippen LogP contribution >= 0.6 is 11.6 Å². The zero-order chi connectivity index (χ0) is 15.4. The average molecular weight is 304 g/mol. The third kappa shape index (κ3) is 3.89. The molecule has 0 amide bonds. The summed E-state index contributed by atoms with van der Waals surface area (Å²) in [5.74, 6) is -0.130. The standard InChI is InChI=1S/C16H14ClNO3/c1-11-2-6-13(7-3-11)16(17)15(19)10-12-4-8-14(9-5-12)18(20)21/h2-9,16H,10H2,1H3. The Bertz CT molecular complexity index is 650. The third-order valence-electron chi connectivity index (χ3n) is 3.18. The number of nitro groups is 1. The zero-order valence-corrected chi connectivity index (χ0v) is 12.2. The van der Waals surface area contributed by atoms with Crippen LogP contribution in [-0.4, -0.2) is 10.7 Å². The summed E-state index contributed by atoms with van der Waals surface area (Å²) < 4.78 is 0. The van der Waals surface area contributed by atoms with E-state index in [1.54, 1.807) is 12.1 Å². The second-order valence-electron chi connectivity index (χ2n) is 4.84. The van der Waals surface area contributed by atoms with Crippen molar-refractivity contribution in [2.24, 2.45) is 0 Å². The molecule has 0 aliphatic heterocycles. The van der Waals surface area contributed by atoms with E-state index >= 15 is 0 Å². The molecule has 0 aliphatic carbocycles. The van der Waals surface area contributed by atoms with Gasteiger partial charge in [-0.2, -0.15) is 0 Å². The summed E-state index contributed by atoms with van der Waals surface area (Å²) in [4.78, 5) is 22.3. The maximum absolute atomic E-state index is 12.2. The Labute approximate surface area is 127 Å². The lowest BCUT2D eigenvalue weighted by atomic mass is 10.0. The summed E-state index contributed by atoms with van der Waals surface area (Å²) in [5, 5.41) is 9.87. The number of hydrogen-bond donors (Lipinski definition) is 0. The minimum atomic E-state index is -0.708. The van der Waals surface area contributed by atoms with Crippen LogP contribution in [0.4, 0.5) is 5.69 Å². The lowest BCUT2D eigenvalue weighted by Crippen LogP contribution is -2.10.